The molecule has 2 rings (SSSR count). The van der Waals surface area contributed by atoms with Crippen LogP contribution in [0.25, 0.3) is 0 Å². The van der Waals surface area contributed by atoms with E-state index in [2.05, 4.69) is 10.1 Å². The molecule has 9 heteroatoms. The Bertz CT molecular complexity index is 781. The summed E-state index contributed by atoms with van der Waals surface area (Å²) >= 11 is 0. The zero-order valence-electron chi connectivity index (χ0n) is 13.8. The van der Waals surface area contributed by atoms with Crippen LogP contribution in [0.4, 0.5) is 14.5 Å². The lowest BCUT2D eigenvalue weighted by atomic mass is 10.2. The third-order valence-electron chi connectivity index (χ3n) is 3.31. The van der Waals surface area contributed by atoms with E-state index in [-0.39, 0.29) is 23.7 Å². The van der Waals surface area contributed by atoms with Crippen LogP contribution in [0.5, 0.6) is 11.5 Å². The third kappa shape index (κ3) is 5.69. The summed E-state index contributed by atoms with van der Waals surface area (Å²) in [6, 6.07) is 10.2. The van der Waals surface area contributed by atoms with Gasteiger partial charge in [-0.1, -0.05) is 18.2 Å². The number of nitro groups is 1. The third-order valence-corrected chi connectivity index (χ3v) is 3.31. The molecule has 0 heterocycles. The predicted molar refractivity (Wildman–Crippen MR) is 88.2 cm³/mol. The molecule has 2 aromatic rings. The van der Waals surface area contributed by atoms with E-state index >= 15 is 0 Å². The summed E-state index contributed by atoms with van der Waals surface area (Å²) in [5.41, 5.74) is 1.15. The van der Waals surface area contributed by atoms with Crippen LogP contribution in [0.1, 0.15) is 11.1 Å². The number of ether oxygens (including phenoxy) is 2. The van der Waals surface area contributed by atoms with Crippen molar-refractivity contribution in [1.29, 1.82) is 0 Å². The van der Waals surface area contributed by atoms with E-state index < -0.39 is 24.0 Å². The van der Waals surface area contributed by atoms with Crippen LogP contribution in [0.15, 0.2) is 42.5 Å². The molecule has 1 N–H and O–H groups in total. The van der Waals surface area contributed by atoms with Crippen molar-refractivity contribution >= 4 is 11.6 Å². The second kappa shape index (κ2) is 8.75. The first-order valence-corrected chi connectivity index (χ1v) is 7.53. The lowest BCUT2D eigenvalue weighted by Crippen LogP contribution is -2.28. The molecule has 0 bridgehead atoms. The van der Waals surface area contributed by atoms with E-state index in [9.17, 15) is 23.7 Å². The molecule has 26 heavy (non-hydrogen) atoms. The van der Waals surface area contributed by atoms with Gasteiger partial charge in [-0.3, -0.25) is 14.9 Å². The number of hydrogen-bond acceptors (Lipinski definition) is 5. The molecular weight excluding hydrogens is 350 g/mol. The van der Waals surface area contributed by atoms with Gasteiger partial charge in [0, 0.05) is 12.6 Å². The molecule has 0 atom stereocenters. The van der Waals surface area contributed by atoms with E-state index in [0.717, 1.165) is 0 Å². The van der Waals surface area contributed by atoms with E-state index in [1.54, 1.807) is 13.0 Å². The summed E-state index contributed by atoms with van der Waals surface area (Å²) in [6.07, 6.45) is 0. The molecule has 0 saturated heterocycles. The van der Waals surface area contributed by atoms with E-state index in [4.69, 9.17) is 4.74 Å². The van der Waals surface area contributed by atoms with Crippen molar-refractivity contribution < 1.29 is 28.0 Å². The summed E-state index contributed by atoms with van der Waals surface area (Å²) in [6.45, 7) is -1.44. The number of amides is 1. The van der Waals surface area contributed by atoms with Crippen molar-refractivity contribution in [2.45, 2.75) is 20.1 Å². The highest BCUT2D eigenvalue weighted by molar-refractivity contribution is 5.77. The quantitative estimate of drug-likeness (QED) is 0.572. The average molecular weight is 366 g/mol. The number of nitrogens with zero attached hydrogens (tertiary/aromatic N) is 1. The van der Waals surface area contributed by atoms with Gasteiger partial charge in [-0.25, -0.2) is 0 Å². The molecule has 2 aromatic carbocycles. The number of carbonyl (C=O) groups excluding carboxylic acids is 1. The molecule has 0 aliphatic rings. The fourth-order valence-corrected chi connectivity index (χ4v) is 2.08. The van der Waals surface area contributed by atoms with Crippen LogP contribution in [0, 0.1) is 17.0 Å². The van der Waals surface area contributed by atoms with Crippen LogP contribution in [0.2, 0.25) is 0 Å². The van der Waals surface area contributed by atoms with Crippen molar-refractivity contribution in [2.24, 2.45) is 0 Å². The van der Waals surface area contributed by atoms with Gasteiger partial charge in [-0.05, 0) is 36.2 Å². The molecular formula is C17H16F2N2O5. The molecule has 1 amide bonds. The maximum atomic E-state index is 12.1. The van der Waals surface area contributed by atoms with Gasteiger partial charge >= 0.3 is 12.3 Å². The summed E-state index contributed by atoms with van der Waals surface area (Å²) < 4.78 is 33.6. The van der Waals surface area contributed by atoms with Crippen LogP contribution < -0.4 is 14.8 Å². The number of aryl methyl sites for hydroxylation is 1. The molecule has 0 unspecified atom stereocenters. The Balaban J connectivity index is 1.85. The minimum atomic E-state index is -2.90. The smallest absolute Gasteiger partial charge is 0.387 e. The van der Waals surface area contributed by atoms with Crippen LogP contribution in [-0.4, -0.2) is 24.0 Å². The van der Waals surface area contributed by atoms with Gasteiger partial charge in [0.15, 0.2) is 12.4 Å². The molecule has 0 saturated carbocycles. The minimum Gasteiger partial charge on any atom is -0.477 e. The Morgan fingerprint density at radius 3 is 2.54 bits per heavy atom. The normalized spacial score (nSPS) is 10.5. The first kappa shape index (κ1) is 19.1. The second-order valence-electron chi connectivity index (χ2n) is 5.32. The predicted octanol–water partition coefficient (Wildman–Crippen LogP) is 3.20. The summed E-state index contributed by atoms with van der Waals surface area (Å²) in [7, 11) is 0. The molecule has 0 spiro atoms. The van der Waals surface area contributed by atoms with Gasteiger partial charge in [0.05, 0.1) is 4.92 Å². The topological polar surface area (TPSA) is 90.7 Å². The number of nitro benzene ring substituents is 1. The Labute approximate surface area is 147 Å². The second-order valence-corrected chi connectivity index (χ2v) is 5.32. The van der Waals surface area contributed by atoms with Gasteiger partial charge in [-0.15, -0.1) is 0 Å². The maximum absolute atomic E-state index is 12.1. The van der Waals surface area contributed by atoms with Crippen LogP contribution >= 0.6 is 0 Å². The van der Waals surface area contributed by atoms with Gasteiger partial charge in [0.25, 0.3) is 5.91 Å². The number of alkyl halides is 2. The van der Waals surface area contributed by atoms with Crippen LogP contribution in [0.3, 0.4) is 0 Å². The fourth-order valence-electron chi connectivity index (χ4n) is 2.08. The molecule has 0 aromatic heterocycles. The lowest BCUT2D eigenvalue weighted by Gasteiger charge is -2.09. The van der Waals surface area contributed by atoms with E-state index in [1.807, 2.05) is 0 Å². The largest absolute Gasteiger partial charge is 0.477 e. The standard InChI is InChI=1S/C17H16F2N2O5/c1-11-2-7-15(14(8-11)21(23)24)25-10-16(22)20-9-12-3-5-13(6-4-12)26-17(18)19/h2-8,17H,9-10H2,1H3,(H,20,22). The summed E-state index contributed by atoms with van der Waals surface area (Å²) in [4.78, 5) is 22.2. The fraction of sp³-hybridized carbons (Fsp3) is 0.235. The number of hydrogen-bond donors (Lipinski definition) is 1. The Hall–Kier alpha value is -3.23. The first-order valence-electron chi connectivity index (χ1n) is 7.53. The summed E-state index contributed by atoms with van der Waals surface area (Å²) in [5, 5.41) is 13.6. The lowest BCUT2D eigenvalue weighted by molar-refractivity contribution is -0.385. The van der Waals surface area contributed by atoms with Crippen molar-refractivity contribution in [3.8, 4) is 11.5 Å². The van der Waals surface area contributed by atoms with E-state index in [1.165, 1.54) is 36.4 Å². The minimum absolute atomic E-state index is 0.00394. The Kier molecular flexibility index (Phi) is 6.42. The molecule has 7 nitrogen and oxygen atoms in total. The first-order chi connectivity index (χ1) is 12.3. The number of rotatable bonds is 8. The highest BCUT2D eigenvalue weighted by Gasteiger charge is 2.16. The zero-order chi connectivity index (χ0) is 19.1. The number of carbonyl (C=O) groups is 1. The van der Waals surface area contributed by atoms with Gasteiger partial charge in [0.1, 0.15) is 5.75 Å². The van der Waals surface area contributed by atoms with E-state index in [0.29, 0.717) is 11.1 Å². The SMILES string of the molecule is Cc1ccc(OCC(=O)NCc2ccc(OC(F)F)cc2)c([N+](=O)[O-])c1. The highest BCUT2D eigenvalue weighted by atomic mass is 19.3. The van der Waals surface area contributed by atoms with Crippen molar-refractivity contribution in [1.82, 2.24) is 5.32 Å². The van der Waals surface area contributed by atoms with Crippen molar-refractivity contribution in [3.63, 3.8) is 0 Å². The molecule has 138 valence electrons. The maximum Gasteiger partial charge on any atom is 0.387 e. The zero-order valence-corrected chi connectivity index (χ0v) is 13.8. The van der Waals surface area contributed by atoms with Gasteiger partial charge in [0.2, 0.25) is 0 Å². The monoisotopic (exact) mass is 366 g/mol. The average Bonchev–Trinajstić information content (AvgIpc) is 2.59. The van der Waals surface area contributed by atoms with Gasteiger partial charge in [-0.2, -0.15) is 8.78 Å². The van der Waals surface area contributed by atoms with Crippen molar-refractivity contribution in [3.05, 3.63) is 63.7 Å². The number of nitrogens with one attached hydrogen (secondary N) is 1. The molecule has 0 fully saturated rings. The molecule has 0 aliphatic heterocycles. The number of benzene rings is 2. The molecule has 0 radical (unpaired) electrons. The van der Waals surface area contributed by atoms with Crippen molar-refractivity contribution in [2.75, 3.05) is 6.61 Å². The molecule has 0 aliphatic carbocycles. The van der Waals surface area contributed by atoms with Gasteiger partial charge < -0.3 is 14.8 Å². The summed E-state index contributed by atoms with van der Waals surface area (Å²) in [5.74, 6) is -0.456. The van der Waals surface area contributed by atoms with Crippen LogP contribution in [-0.2, 0) is 11.3 Å². The Morgan fingerprint density at radius 2 is 1.92 bits per heavy atom. The Morgan fingerprint density at radius 1 is 1.23 bits per heavy atom. The number of halogens is 2. The highest BCUT2D eigenvalue weighted by Crippen LogP contribution is 2.27.